The molecule has 8 heteroatoms. The standard InChI is InChI=1S/C12H22N2O5S/c1-8-5-14(6-9(7-15)19-8)12(18)13-10(11(16)17)3-4-20-2/h8-10,15H,3-7H2,1-2H3,(H,13,18)(H,16,17). The summed E-state index contributed by atoms with van der Waals surface area (Å²) in [6.45, 7) is 2.30. The van der Waals surface area contributed by atoms with Gasteiger partial charge in [-0.3, -0.25) is 0 Å². The van der Waals surface area contributed by atoms with Gasteiger partial charge < -0.3 is 25.2 Å². The van der Waals surface area contributed by atoms with Gasteiger partial charge in [-0.1, -0.05) is 0 Å². The molecule has 3 N–H and O–H groups in total. The van der Waals surface area contributed by atoms with Crippen molar-refractivity contribution in [2.75, 3.05) is 31.7 Å². The Hall–Kier alpha value is -0.990. The summed E-state index contributed by atoms with van der Waals surface area (Å²) < 4.78 is 5.44. The molecule has 1 saturated heterocycles. The number of morpholine rings is 1. The normalized spacial score (nSPS) is 24.2. The molecule has 1 heterocycles. The van der Waals surface area contributed by atoms with E-state index < -0.39 is 24.1 Å². The molecule has 2 amide bonds. The number of aliphatic hydroxyl groups is 1. The molecule has 0 spiro atoms. The lowest BCUT2D eigenvalue weighted by Crippen LogP contribution is -2.56. The van der Waals surface area contributed by atoms with Crippen molar-refractivity contribution in [2.45, 2.75) is 31.6 Å². The molecule has 0 aromatic heterocycles. The first-order valence-electron chi connectivity index (χ1n) is 6.51. The van der Waals surface area contributed by atoms with Crippen molar-refractivity contribution in [3.8, 4) is 0 Å². The third-order valence-corrected chi connectivity index (χ3v) is 3.67. The number of nitrogens with zero attached hydrogens (tertiary/aromatic N) is 1. The first kappa shape index (κ1) is 17.1. The van der Waals surface area contributed by atoms with Crippen molar-refractivity contribution in [2.24, 2.45) is 0 Å². The van der Waals surface area contributed by atoms with E-state index in [2.05, 4.69) is 5.32 Å². The average Bonchev–Trinajstić information content (AvgIpc) is 2.42. The van der Waals surface area contributed by atoms with Crippen LogP contribution in [0.3, 0.4) is 0 Å². The van der Waals surface area contributed by atoms with Crippen molar-refractivity contribution >= 4 is 23.8 Å². The van der Waals surface area contributed by atoms with E-state index in [9.17, 15) is 9.59 Å². The van der Waals surface area contributed by atoms with Crippen LogP contribution in [0.15, 0.2) is 0 Å². The fourth-order valence-corrected chi connectivity index (χ4v) is 2.52. The number of carboxylic acids is 1. The third-order valence-electron chi connectivity index (χ3n) is 3.02. The molecule has 20 heavy (non-hydrogen) atoms. The van der Waals surface area contributed by atoms with Crippen molar-refractivity contribution in [1.82, 2.24) is 10.2 Å². The van der Waals surface area contributed by atoms with Gasteiger partial charge in [0.15, 0.2) is 0 Å². The number of aliphatic carboxylic acids is 1. The molecule has 0 saturated carbocycles. The minimum atomic E-state index is -1.03. The van der Waals surface area contributed by atoms with Crippen molar-refractivity contribution in [3.05, 3.63) is 0 Å². The van der Waals surface area contributed by atoms with E-state index in [0.717, 1.165) is 0 Å². The van der Waals surface area contributed by atoms with Crippen LogP contribution in [0.4, 0.5) is 4.79 Å². The zero-order chi connectivity index (χ0) is 15.1. The molecule has 1 aliphatic heterocycles. The summed E-state index contributed by atoms with van der Waals surface area (Å²) in [5, 5.41) is 20.7. The molecule has 1 fully saturated rings. The number of carbonyl (C=O) groups excluding carboxylic acids is 1. The largest absolute Gasteiger partial charge is 0.480 e. The highest BCUT2D eigenvalue weighted by Crippen LogP contribution is 2.11. The first-order chi connectivity index (χ1) is 9.47. The van der Waals surface area contributed by atoms with Crippen LogP contribution >= 0.6 is 11.8 Å². The Morgan fingerprint density at radius 2 is 2.20 bits per heavy atom. The summed E-state index contributed by atoms with van der Waals surface area (Å²) in [6, 6.07) is -1.31. The van der Waals surface area contributed by atoms with E-state index in [0.29, 0.717) is 18.7 Å². The van der Waals surface area contributed by atoms with Gasteiger partial charge in [-0.2, -0.15) is 11.8 Å². The summed E-state index contributed by atoms with van der Waals surface area (Å²) in [4.78, 5) is 24.7. The summed E-state index contributed by atoms with van der Waals surface area (Å²) in [7, 11) is 0. The van der Waals surface area contributed by atoms with Gasteiger partial charge >= 0.3 is 12.0 Å². The van der Waals surface area contributed by atoms with Crippen LogP contribution in [0, 0.1) is 0 Å². The van der Waals surface area contributed by atoms with E-state index in [1.807, 2.05) is 13.2 Å². The SMILES string of the molecule is CSCCC(NC(=O)N1CC(C)OC(CO)C1)C(=O)O. The van der Waals surface area contributed by atoms with Gasteiger partial charge in [-0.25, -0.2) is 9.59 Å². The van der Waals surface area contributed by atoms with Crippen LogP contribution in [0.2, 0.25) is 0 Å². The molecule has 0 radical (unpaired) electrons. The van der Waals surface area contributed by atoms with E-state index in [1.54, 1.807) is 0 Å². The Morgan fingerprint density at radius 3 is 2.75 bits per heavy atom. The maximum atomic E-state index is 12.1. The van der Waals surface area contributed by atoms with E-state index in [-0.39, 0.29) is 19.3 Å². The molecule has 1 aliphatic rings. The van der Waals surface area contributed by atoms with Crippen LogP contribution in [0.25, 0.3) is 0 Å². The highest BCUT2D eigenvalue weighted by molar-refractivity contribution is 7.98. The maximum absolute atomic E-state index is 12.1. The van der Waals surface area contributed by atoms with Gasteiger partial charge in [-0.05, 0) is 25.4 Å². The predicted molar refractivity (Wildman–Crippen MR) is 75.9 cm³/mol. The molecular weight excluding hydrogens is 284 g/mol. The number of hydrogen-bond acceptors (Lipinski definition) is 5. The second kappa shape index (κ2) is 8.33. The van der Waals surface area contributed by atoms with Crippen LogP contribution in [-0.2, 0) is 9.53 Å². The molecule has 0 aliphatic carbocycles. The number of urea groups is 1. The second-order valence-electron chi connectivity index (χ2n) is 4.78. The molecular formula is C12H22N2O5S. The number of thioether (sulfide) groups is 1. The minimum absolute atomic E-state index is 0.164. The van der Waals surface area contributed by atoms with Crippen molar-refractivity contribution < 1.29 is 24.5 Å². The third kappa shape index (κ3) is 5.18. The van der Waals surface area contributed by atoms with Crippen molar-refractivity contribution in [1.29, 1.82) is 0 Å². The van der Waals surface area contributed by atoms with Crippen molar-refractivity contribution in [3.63, 3.8) is 0 Å². The van der Waals surface area contributed by atoms with Crippen LogP contribution < -0.4 is 5.32 Å². The topological polar surface area (TPSA) is 99.1 Å². The molecule has 116 valence electrons. The van der Waals surface area contributed by atoms with Gasteiger partial charge in [0.05, 0.1) is 25.4 Å². The summed E-state index contributed by atoms with van der Waals surface area (Å²) in [5.41, 5.74) is 0. The summed E-state index contributed by atoms with van der Waals surface area (Å²) in [6.07, 6.45) is 1.67. The lowest BCUT2D eigenvalue weighted by Gasteiger charge is -2.36. The Morgan fingerprint density at radius 1 is 1.50 bits per heavy atom. The highest BCUT2D eigenvalue weighted by Gasteiger charge is 2.30. The summed E-state index contributed by atoms with van der Waals surface area (Å²) in [5.74, 6) is -0.372. The monoisotopic (exact) mass is 306 g/mol. The van der Waals surface area contributed by atoms with Crippen LogP contribution in [0.5, 0.6) is 0 Å². The smallest absolute Gasteiger partial charge is 0.326 e. The first-order valence-corrected chi connectivity index (χ1v) is 7.90. The molecule has 0 aromatic rings. The minimum Gasteiger partial charge on any atom is -0.480 e. The number of ether oxygens (including phenoxy) is 1. The van der Waals surface area contributed by atoms with Crippen LogP contribution in [-0.4, -0.2) is 77.1 Å². The zero-order valence-electron chi connectivity index (χ0n) is 11.7. The molecule has 0 bridgehead atoms. The number of carbonyl (C=O) groups is 2. The Balaban J connectivity index is 2.56. The van der Waals surface area contributed by atoms with Gasteiger partial charge in [0.1, 0.15) is 6.04 Å². The molecule has 3 atom stereocenters. The number of rotatable bonds is 6. The second-order valence-corrected chi connectivity index (χ2v) is 5.76. The molecule has 0 aromatic carbocycles. The zero-order valence-corrected chi connectivity index (χ0v) is 12.6. The lowest BCUT2D eigenvalue weighted by molar-refractivity contribution is -0.139. The molecule has 3 unspecified atom stereocenters. The number of nitrogens with one attached hydrogen (secondary N) is 1. The fourth-order valence-electron chi connectivity index (χ4n) is 2.05. The quantitative estimate of drug-likeness (QED) is 0.638. The lowest BCUT2D eigenvalue weighted by atomic mass is 10.2. The van der Waals surface area contributed by atoms with Crippen LogP contribution in [0.1, 0.15) is 13.3 Å². The number of carboxylic acid groups (broad SMARTS) is 1. The number of amides is 2. The van der Waals surface area contributed by atoms with E-state index in [1.165, 1.54) is 16.7 Å². The number of hydrogen-bond donors (Lipinski definition) is 3. The highest BCUT2D eigenvalue weighted by atomic mass is 32.2. The van der Waals surface area contributed by atoms with Gasteiger partial charge in [0.25, 0.3) is 0 Å². The van der Waals surface area contributed by atoms with Gasteiger partial charge in [0.2, 0.25) is 0 Å². The molecule has 7 nitrogen and oxygen atoms in total. The summed E-state index contributed by atoms with van der Waals surface area (Å²) >= 11 is 1.53. The number of aliphatic hydroxyl groups excluding tert-OH is 1. The van der Waals surface area contributed by atoms with Gasteiger partial charge in [-0.15, -0.1) is 0 Å². The fraction of sp³-hybridized carbons (Fsp3) is 0.833. The van der Waals surface area contributed by atoms with E-state index in [4.69, 9.17) is 14.9 Å². The van der Waals surface area contributed by atoms with Gasteiger partial charge in [0, 0.05) is 6.54 Å². The Labute approximate surface area is 122 Å². The van der Waals surface area contributed by atoms with E-state index >= 15 is 0 Å². The molecule has 1 rings (SSSR count). The Bertz CT molecular complexity index is 342. The average molecular weight is 306 g/mol. The Kier molecular flexibility index (Phi) is 7.11. The predicted octanol–water partition coefficient (Wildman–Crippen LogP) is -0.0161. The maximum Gasteiger partial charge on any atom is 0.326 e.